The minimum atomic E-state index is -0.0274. The molecule has 0 spiro atoms. The van der Waals surface area contributed by atoms with Crippen molar-refractivity contribution < 1.29 is 9.53 Å². The molecule has 2 fully saturated rings. The Morgan fingerprint density at radius 1 is 1.06 bits per heavy atom. The molecule has 2 aromatic heterocycles. The Balaban J connectivity index is 1.16. The molecule has 2 saturated heterocycles. The quantitative estimate of drug-likeness (QED) is 0.531. The molecule has 0 saturated carbocycles. The molecule has 0 bridgehead atoms. The molecule has 0 radical (unpaired) electrons. The van der Waals surface area contributed by atoms with Gasteiger partial charge in [-0.1, -0.05) is 0 Å². The number of hydrogen-bond acceptors (Lipinski definition) is 5. The van der Waals surface area contributed by atoms with Gasteiger partial charge in [0.2, 0.25) is 0 Å². The van der Waals surface area contributed by atoms with Crippen LogP contribution in [-0.4, -0.2) is 69.6 Å². The number of rotatable bonds is 7. The number of likely N-dealkylation sites (tertiary alicyclic amines) is 2. The second kappa shape index (κ2) is 9.69. The van der Waals surface area contributed by atoms with Gasteiger partial charge in [-0.2, -0.15) is 0 Å². The number of carbonyl (C=O) groups is 1. The van der Waals surface area contributed by atoms with Gasteiger partial charge in [-0.15, -0.1) is 0 Å². The first-order chi connectivity index (χ1) is 15.8. The number of aromatic nitrogens is 3. The van der Waals surface area contributed by atoms with Crippen LogP contribution in [0.5, 0.6) is 5.75 Å². The fraction of sp³-hybridized carbons (Fsp3) is 0.480. The van der Waals surface area contributed by atoms with Crippen molar-refractivity contribution >= 4 is 16.8 Å². The summed E-state index contributed by atoms with van der Waals surface area (Å²) in [6.45, 7) is 5.85. The fourth-order valence-electron chi connectivity index (χ4n) is 4.95. The molecule has 0 atom stereocenters. The Morgan fingerprint density at radius 2 is 1.91 bits per heavy atom. The van der Waals surface area contributed by atoms with Crippen LogP contribution in [0.25, 0.3) is 10.9 Å². The third-order valence-electron chi connectivity index (χ3n) is 6.71. The van der Waals surface area contributed by atoms with Gasteiger partial charge in [0.25, 0.3) is 5.91 Å². The average Bonchev–Trinajstić information content (AvgIpc) is 3.52. The van der Waals surface area contributed by atoms with E-state index in [0.29, 0.717) is 11.7 Å². The zero-order valence-corrected chi connectivity index (χ0v) is 18.5. The van der Waals surface area contributed by atoms with Crippen molar-refractivity contribution in [1.29, 1.82) is 0 Å². The first-order valence-corrected chi connectivity index (χ1v) is 11.8. The van der Waals surface area contributed by atoms with Gasteiger partial charge in [-0.3, -0.25) is 9.78 Å². The Bertz CT molecular complexity index is 1040. The van der Waals surface area contributed by atoms with Crippen LogP contribution in [0.15, 0.2) is 49.1 Å². The SMILES string of the molecule is O=C(c1cnccn1)N1CCC(n2ccc3cc(OCCCN4CCCC4)ccc32)CC1. The van der Waals surface area contributed by atoms with Crippen LogP contribution in [0.4, 0.5) is 0 Å². The van der Waals surface area contributed by atoms with Gasteiger partial charge in [0.15, 0.2) is 0 Å². The van der Waals surface area contributed by atoms with Gasteiger partial charge >= 0.3 is 0 Å². The third-order valence-corrected chi connectivity index (χ3v) is 6.71. The van der Waals surface area contributed by atoms with Gasteiger partial charge in [0.05, 0.1) is 12.8 Å². The highest BCUT2D eigenvalue weighted by Gasteiger charge is 2.25. The molecule has 4 heterocycles. The average molecular weight is 434 g/mol. The molecular weight excluding hydrogens is 402 g/mol. The largest absolute Gasteiger partial charge is 0.494 e. The predicted octanol–water partition coefficient (Wildman–Crippen LogP) is 3.77. The molecule has 0 unspecified atom stereocenters. The highest BCUT2D eigenvalue weighted by Crippen LogP contribution is 2.30. The van der Waals surface area contributed by atoms with Gasteiger partial charge in [-0.25, -0.2) is 4.98 Å². The molecule has 0 N–H and O–H groups in total. The number of benzene rings is 1. The second-order valence-corrected chi connectivity index (χ2v) is 8.81. The maximum atomic E-state index is 12.6. The number of amides is 1. The number of carbonyl (C=O) groups excluding carboxylic acids is 1. The smallest absolute Gasteiger partial charge is 0.274 e. The van der Waals surface area contributed by atoms with Crippen LogP contribution in [0.3, 0.4) is 0 Å². The van der Waals surface area contributed by atoms with E-state index < -0.39 is 0 Å². The van der Waals surface area contributed by atoms with Crippen molar-refractivity contribution in [2.75, 3.05) is 39.3 Å². The lowest BCUT2D eigenvalue weighted by atomic mass is 10.0. The summed E-state index contributed by atoms with van der Waals surface area (Å²) in [7, 11) is 0. The van der Waals surface area contributed by atoms with Crippen molar-refractivity contribution in [2.45, 2.75) is 38.1 Å². The van der Waals surface area contributed by atoms with E-state index in [0.717, 1.165) is 51.3 Å². The molecule has 1 aromatic carbocycles. The van der Waals surface area contributed by atoms with E-state index in [9.17, 15) is 4.79 Å². The van der Waals surface area contributed by atoms with Gasteiger partial charge in [0.1, 0.15) is 11.4 Å². The van der Waals surface area contributed by atoms with Crippen molar-refractivity contribution in [3.8, 4) is 5.75 Å². The van der Waals surface area contributed by atoms with Gasteiger partial charge in [-0.05, 0) is 69.5 Å². The molecule has 0 aliphatic carbocycles. The lowest BCUT2D eigenvalue weighted by molar-refractivity contribution is 0.0689. The Hall–Kier alpha value is -2.93. The lowest BCUT2D eigenvalue weighted by Gasteiger charge is -2.33. The third kappa shape index (κ3) is 4.63. The van der Waals surface area contributed by atoms with E-state index >= 15 is 0 Å². The maximum absolute atomic E-state index is 12.6. The van der Waals surface area contributed by atoms with E-state index in [1.54, 1.807) is 18.6 Å². The minimum Gasteiger partial charge on any atom is -0.494 e. The molecule has 7 heteroatoms. The topological polar surface area (TPSA) is 63.5 Å². The Morgan fingerprint density at radius 3 is 2.69 bits per heavy atom. The second-order valence-electron chi connectivity index (χ2n) is 8.81. The summed E-state index contributed by atoms with van der Waals surface area (Å²) >= 11 is 0. The summed E-state index contributed by atoms with van der Waals surface area (Å²) in [4.78, 5) is 25.2. The van der Waals surface area contributed by atoms with Crippen molar-refractivity contribution in [3.05, 3.63) is 54.7 Å². The molecule has 5 rings (SSSR count). The maximum Gasteiger partial charge on any atom is 0.274 e. The normalized spacial score (nSPS) is 17.8. The number of ether oxygens (including phenoxy) is 1. The minimum absolute atomic E-state index is 0.0274. The Labute approximate surface area is 189 Å². The van der Waals surface area contributed by atoms with Crippen LogP contribution < -0.4 is 4.74 Å². The molecule has 3 aromatic rings. The highest BCUT2D eigenvalue weighted by molar-refractivity contribution is 5.92. The molecule has 2 aliphatic heterocycles. The van der Waals surface area contributed by atoms with Crippen LogP contribution in [0, 0.1) is 0 Å². The van der Waals surface area contributed by atoms with Crippen LogP contribution in [-0.2, 0) is 0 Å². The first kappa shape index (κ1) is 20.9. The molecule has 1 amide bonds. The van der Waals surface area contributed by atoms with E-state index in [4.69, 9.17) is 4.74 Å². The number of hydrogen-bond donors (Lipinski definition) is 0. The molecule has 2 aliphatic rings. The van der Waals surface area contributed by atoms with E-state index in [1.807, 2.05) is 4.90 Å². The molecule has 168 valence electrons. The van der Waals surface area contributed by atoms with E-state index in [2.05, 4.69) is 49.9 Å². The summed E-state index contributed by atoms with van der Waals surface area (Å²) in [5, 5.41) is 1.21. The molecule has 7 nitrogen and oxygen atoms in total. The first-order valence-electron chi connectivity index (χ1n) is 11.8. The molecule has 32 heavy (non-hydrogen) atoms. The highest BCUT2D eigenvalue weighted by atomic mass is 16.5. The van der Waals surface area contributed by atoms with Crippen molar-refractivity contribution in [1.82, 2.24) is 24.3 Å². The standard InChI is InChI=1S/C25H31N5O2/c31-25(23-19-26-9-10-27-23)29-14-7-21(8-15-29)30-16-6-20-18-22(4-5-24(20)30)32-17-3-13-28-11-1-2-12-28/h4-6,9-10,16,18-19,21H,1-3,7-8,11-15,17H2. The summed E-state index contributed by atoms with van der Waals surface area (Å²) in [5.41, 5.74) is 1.65. The van der Waals surface area contributed by atoms with E-state index in [-0.39, 0.29) is 5.91 Å². The lowest BCUT2D eigenvalue weighted by Crippen LogP contribution is -2.39. The summed E-state index contributed by atoms with van der Waals surface area (Å²) in [6.07, 6.45) is 12.5. The van der Waals surface area contributed by atoms with Gasteiger partial charge < -0.3 is 19.1 Å². The number of nitrogens with zero attached hydrogens (tertiary/aromatic N) is 5. The van der Waals surface area contributed by atoms with E-state index in [1.165, 1.54) is 36.8 Å². The number of fused-ring (bicyclic) bond motifs is 1. The summed E-state index contributed by atoms with van der Waals surface area (Å²) in [6, 6.07) is 8.97. The molecular formula is C25H31N5O2. The summed E-state index contributed by atoms with van der Waals surface area (Å²) < 4.78 is 8.38. The zero-order chi connectivity index (χ0) is 21.8. The van der Waals surface area contributed by atoms with Crippen molar-refractivity contribution in [2.24, 2.45) is 0 Å². The number of piperidine rings is 1. The van der Waals surface area contributed by atoms with Crippen molar-refractivity contribution in [3.63, 3.8) is 0 Å². The van der Waals surface area contributed by atoms with Gasteiger partial charge in [0, 0.05) is 55.2 Å². The van der Waals surface area contributed by atoms with Crippen LogP contribution >= 0.6 is 0 Å². The monoisotopic (exact) mass is 433 g/mol. The van der Waals surface area contributed by atoms with Crippen LogP contribution in [0.1, 0.15) is 48.6 Å². The predicted molar refractivity (Wildman–Crippen MR) is 124 cm³/mol. The van der Waals surface area contributed by atoms with Crippen LogP contribution in [0.2, 0.25) is 0 Å². The zero-order valence-electron chi connectivity index (χ0n) is 18.5. The summed E-state index contributed by atoms with van der Waals surface area (Å²) in [5.74, 6) is 0.918. The fourth-order valence-corrected chi connectivity index (χ4v) is 4.95. The Kier molecular flexibility index (Phi) is 6.34.